The molecule has 1 aromatic carbocycles. The van der Waals surface area contributed by atoms with E-state index in [4.69, 9.17) is 0 Å². The molecule has 0 spiro atoms. The van der Waals surface area contributed by atoms with E-state index >= 15 is 0 Å². The number of rotatable bonds is 1. The summed E-state index contributed by atoms with van der Waals surface area (Å²) in [6.07, 6.45) is 0. The van der Waals surface area contributed by atoms with Gasteiger partial charge < -0.3 is 4.90 Å². The number of benzene rings is 1. The van der Waals surface area contributed by atoms with Crippen molar-refractivity contribution >= 4 is 32.6 Å². The Morgan fingerprint density at radius 1 is 1.42 bits per heavy atom. The molecule has 5 heteroatoms. The van der Waals surface area contributed by atoms with E-state index in [9.17, 15) is 9.00 Å². The molecule has 0 aliphatic carbocycles. The molecule has 3 atom stereocenters. The first-order valence-electron chi connectivity index (χ1n) is 6.36. The van der Waals surface area contributed by atoms with Crippen LogP contribution in [0.25, 0.3) is 0 Å². The van der Waals surface area contributed by atoms with Crippen molar-refractivity contribution < 1.29 is 9.00 Å². The monoisotopic (exact) mass is 343 g/mol. The van der Waals surface area contributed by atoms with Crippen LogP contribution in [0.1, 0.15) is 29.8 Å². The Labute approximate surface area is 125 Å². The van der Waals surface area contributed by atoms with Gasteiger partial charge in [-0.15, -0.1) is 0 Å². The van der Waals surface area contributed by atoms with Gasteiger partial charge in [0, 0.05) is 39.2 Å². The van der Waals surface area contributed by atoms with Crippen molar-refractivity contribution in [3.05, 3.63) is 33.8 Å². The summed E-state index contributed by atoms with van der Waals surface area (Å²) in [5.41, 5.74) is 1.79. The second kappa shape index (κ2) is 5.75. The zero-order valence-corrected chi connectivity index (χ0v) is 13.8. The average molecular weight is 344 g/mol. The standard InChI is InChI=1S/C14H18BrNO2S/c1-9-4-5-12(8-13(9)15)14(17)16-6-7-19(18)11(3)10(16)2/h4-5,8,10-11H,6-7H2,1-3H3/t10-,11+,19-/m1/s1. The number of aryl methyl sites for hydroxylation is 1. The fourth-order valence-corrected chi connectivity index (χ4v) is 3.94. The van der Waals surface area contributed by atoms with Crippen molar-refractivity contribution in [2.75, 3.05) is 12.3 Å². The van der Waals surface area contributed by atoms with E-state index in [1.165, 1.54) is 0 Å². The molecule has 1 saturated heterocycles. The SMILES string of the molecule is Cc1ccc(C(=O)N2CC[S@@](=O)[C@@H](C)[C@H]2C)cc1Br. The second-order valence-electron chi connectivity index (χ2n) is 4.99. The van der Waals surface area contributed by atoms with Crippen molar-refractivity contribution in [2.45, 2.75) is 32.1 Å². The lowest BCUT2D eigenvalue weighted by Crippen LogP contribution is -2.52. The topological polar surface area (TPSA) is 37.4 Å². The number of halogens is 1. The summed E-state index contributed by atoms with van der Waals surface area (Å²) in [7, 11) is -0.820. The fraction of sp³-hybridized carbons (Fsp3) is 0.500. The highest BCUT2D eigenvalue weighted by atomic mass is 79.9. The Morgan fingerprint density at radius 3 is 2.74 bits per heavy atom. The first kappa shape index (κ1) is 14.7. The van der Waals surface area contributed by atoms with Gasteiger partial charge in [-0.25, -0.2) is 0 Å². The van der Waals surface area contributed by atoms with Gasteiger partial charge in [-0.05, 0) is 38.5 Å². The van der Waals surface area contributed by atoms with Gasteiger partial charge in [-0.1, -0.05) is 22.0 Å². The minimum atomic E-state index is -0.820. The maximum Gasteiger partial charge on any atom is 0.254 e. The van der Waals surface area contributed by atoms with Crippen molar-refractivity contribution in [3.63, 3.8) is 0 Å². The summed E-state index contributed by atoms with van der Waals surface area (Å²) in [4.78, 5) is 14.4. The van der Waals surface area contributed by atoms with E-state index in [2.05, 4.69) is 15.9 Å². The van der Waals surface area contributed by atoms with Crippen LogP contribution in [0.5, 0.6) is 0 Å². The molecule has 1 heterocycles. The third-order valence-corrected chi connectivity index (χ3v) is 6.46. The highest BCUT2D eigenvalue weighted by Crippen LogP contribution is 2.22. The summed E-state index contributed by atoms with van der Waals surface area (Å²) >= 11 is 3.46. The molecule has 0 unspecified atom stereocenters. The largest absolute Gasteiger partial charge is 0.334 e. The summed E-state index contributed by atoms with van der Waals surface area (Å²) in [6, 6.07) is 5.67. The van der Waals surface area contributed by atoms with Crippen LogP contribution in [-0.4, -0.2) is 38.6 Å². The van der Waals surface area contributed by atoms with E-state index in [1.54, 1.807) is 0 Å². The predicted molar refractivity (Wildman–Crippen MR) is 81.8 cm³/mol. The van der Waals surface area contributed by atoms with Crippen LogP contribution in [-0.2, 0) is 10.8 Å². The van der Waals surface area contributed by atoms with Crippen LogP contribution in [0, 0.1) is 6.92 Å². The lowest BCUT2D eigenvalue weighted by atomic mass is 10.1. The molecule has 0 N–H and O–H groups in total. The zero-order valence-electron chi connectivity index (χ0n) is 11.4. The first-order valence-corrected chi connectivity index (χ1v) is 8.53. The first-order chi connectivity index (χ1) is 8.91. The maximum atomic E-state index is 12.5. The van der Waals surface area contributed by atoms with Gasteiger partial charge in [0.15, 0.2) is 0 Å². The van der Waals surface area contributed by atoms with Crippen LogP contribution < -0.4 is 0 Å². The van der Waals surface area contributed by atoms with Crippen molar-refractivity contribution in [1.29, 1.82) is 0 Å². The van der Waals surface area contributed by atoms with Gasteiger partial charge in [0.1, 0.15) is 0 Å². The summed E-state index contributed by atoms with van der Waals surface area (Å²) in [5, 5.41) is 0.0339. The molecular weight excluding hydrogens is 326 g/mol. The Bertz CT molecular complexity index is 532. The molecule has 1 aliphatic rings. The molecule has 2 rings (SSSR count). The van der Waals surface area contributed by atoms with Crippen LogP contribution in [0.3, 0.4) is 0 Å². The number of carbonyl (C=O) groups is 1. The number of amides is 1. The van der Waals surface area contributed by atoms with E-state index in [1.807, 2.05) is 43.9 Å². The van der Waals surface area contributed by atoms with Crippen LogP contribution in [0.2, 0.25) is 0 Å². The molecule has 19 heavy (non-hydrogen) atoms. The molecule has 1 amide bonds. The fourth-order valence-electron chi connectivity index (χ4n) is 2.23. The predicted octanol–water partition coefficient (Wildman–Crippen LogP) is 2.74. The van der Waals surface area contributed by atoms with Crippen LogP contribution in [0.4, 0.5) is 0 Å². The second-order valence-corrected chi connectivity index (χ2v) is 7.76. The molecule has 0 radical (unpaired) electrons. The molecule has 0 saturated carbocycles. The minimum Gasteiger partial charge on any atom is -0.334 e. The van der Waals surface area contributed by atoms with E-state index < -0.39 is 10.8 Å². The molecule has 0 bridgehead atoms. The van der Waals surface area contributed by atoms with Gasteiger partial charge in [0.05, 0.1) is 5.25 Å². The molecule has 1 aliphatic heterocycles. The average Bonchev–Trinajstić information content (AvgIpc) is 2.39. The summed E-state index contributed by atoms with van der Waals surface area (Å²) < 4.78 is 12.7. The van der Waals surface area contributed by atoms with E-state index in [0.29, 0.717) is 17.9 Å². The van der Waals surface area contributed by atoms with Crippen LogP contribution in [0.15, 0.2) is 22.7 Å². The highest BCUT2D eigenvalue weighted by Gasteiger charge is 2.33. The van der Waals surface area contributed by atoms with Gasteiger partial charge >= 0.3 is 0 Å². The number of hydrogen-bond donors (Lipinski definition) is 0. The van der Waals surface area contributed by atoms with Gasteiger partial charge in [-0.3, -0.25) is 9.00 Å². The minimum absolute atomic E-state index is 0.0159. The molecule has 3 nitrogen and oxygen atoms in total. The van der Waals surface area contributed by atoms with E-state index in [-0.39, 0.29) is 17.2 Å². The van der Waals surface area contributed by atoms with E-state index in [0.717, 1.165) is 10.0 Å². The van der Waals surface area contributed by atoms with Gasteiger partial charge in [0.25, 0.3) is 5.91 Å². The maximum absolute atomic E-state index is 12.5. The Morgan fingerprint density at radius 2 is 2.11 bits per heavy atom. The molecule has 104 valence electrons. The van der Waals surface area contributed by atoms with Crippen LogP contribution >= 0.6 is 15.9 Å². The molecular formula is C14H18BrNO2S. The van der Waals surface area contributed by atoms with Crippen molar-refractivity contribution in [1.82, 2.24) is 4.90 Å². The highest BCUT2D eigenvalue weighted by molar-refractivity contribution is 9.10. The lowest BCUT2D eigenvalue weighted by molar-refractivity contribution is 0.0695. The van der Waals surface area contributed by atoms with Gasteiger partial charge in [-0.2, -0.15) is 0 Å². The van der Waals surface area contributed by atoms with Crippen molar-refractivity contribution in [2.24, 2.45) is 0 Å². The zero-order chi connectivity index (χ0) is 14.2. The molecule has 1 fully saturated rings. The number of hydrogen-bond acceptors (Lipinski definition) is 2. The summed E-state index contributed by atoms with van der Waals surface area (Å²) in [6.45, 7) is 6.49. The lowest BCUT2D eigenvalue weighted by Gasteiger charge is -2.37. The third kappa shape index (κ3) is 2.92. The Kier molecular flexibility index (Phi) is 4.46. The normalized spacial score (nSPS) is 27.4. The molecule has 0 aromatic heterocycles. The number of nitrogens with zero attached hydrogens (tertiary/aromatic N) is 1. The number of carbonyl (C=O) groups excluding carboxylic acids is 1. The summed E-state index contributed by atoms with van der Waals surface area (Å²) in [5.74, 6) is 0.598. The Hall–Kier alpha value is -0.680. The van der Waals surface area contributed by atoms with Crippen molar-refractivity contribution in [3.8, 4) is 0 Å². The quantitative estimate of drug-likeness (QED) is 0.786. The van der Waals surface area contributed by atoms with Gasteiger partial charge in [0.2, 0.25) is 0 Å². The molecule has 1 aromatic rings. The Balaban J connectivity index is 2.24. The smallest absolute Gasteiger partial charge is 0.254 e. The third-order valence-electron chi connectivity index (χ3n) is 3.80.